The van der Waals surface area contributed by atoms with E-state index in [1.807, 2.05) is 12.1 Å². The maximum absolute atomic E-state index is 11.9. The van der Waals surface area contributed by atoms with Crippen LogP contribution in [0.3, 0.4) is 0 Å². The average Bonchev–Trinajstić information content (AvgIpc) is 2.45. The Balaban J connectivity index is 2.01. The molecular formula is C18H24NO4S-. The summed E-state index contributed by atoms with van der Waals surface area (Å²) < 4.78 is 5.25. The summed E-state index contributed by atoms with van der Waals surface area (Å²) in [5.74, 6) is -0.148. The highest BCUT2D eigenvalue weighted by Crippen LogP contribution is 2.35. The second-order valence-electron chi connectivity index (χ2n) is 7.20. The number of hydrogen-bond acceptors (Lipinski definition) is 5. The van der Waals surface area contributed by atoms with Gasteiger partial charge in [0.1, 0.15) is 5.60 Å². The van der Waals surface area contributed by atoms with Gasteiger partial charge < -0.3 is 32.6 Å². The van der Waals surface area contributed by atoms with Crippen LogP contribution in [0.5, 0.6) is 0 Å². The normalized spacial score (nSPS) is 24.2. The molecular weight excluding hydrogens is 326 g/mol. The van der Waals surface area contributed by atoms with Crippen molar-refractivity contribution in [2.24, 2.45) is 0 Å². The van der Waals surface area contributed by atoms with Crippen LogP contribution in [0.25, 0.3) is 0 Å². The molecule has 1 aromatic carbocycles. The first-order chi connectivity index (χ1) is 11.2. The third kappa shape index (κ3) is 4.92. The number of carbonyl (C=O) groups excluding carboxylic acids is 2. The largest absolute Gasteiger partial charge is 0.737 e. The van der Waals surface area contributed by atoms with Crippen LogP contribution in [0.15, 0.2) is 24.3 Å². The molecule has 0 spiro atoms. The number of aliphatic hydroxyl groups excluding tert-OH is 1. The lowest BCUT2D eigenvalue weighted by Gasteiger charge is -2.35. The van der Waals surface area contributed by atoms with Gasteiger partial charge >= 0.3 is 6.09 Å². The molecule has 1 fully saturated rings. The first-order valence-corrected chi connectivity index (χ1v) is 8.56. The highest BCUT2D eigenvalue weighted by molar-refractivity contribution is 7.77. The van der Waals surface area contributed by atoms with Gasteiger partial charge in [0.25, 0.3) is 0 Å². The average molecular weight is 350 g/mol. The number of alkyl carbamates (subject to hydrolysis) is 1. The van der Waals surface area contributed by atoms with Crippen LogP contribution in [-0.4, -0.2) is 34.1 Å². The zero-order valence-electron chi connectivity index (χ0n) is 14.2. The maximum Gasteiger partial charge on any atom is 0.407 e. The fourth-order valence-corrected chi connectivity index (χ4v) is 3.31. The molecule has 6 heteroatoms. The highest BCUT2D eigenvalue weighted by atomic mass is 32.1. The van der Waals surface area contributed by atoms with E-state index < -0.39 is 22.9 Å². The third-order valence-electron chi connectivity index (χ3n) is 4.12. The van der Waals surface area contributed by atoms with E-state index in [0.29, 0.717) is 24.8 Å². The summed E-state index contributed by atoms with van der Waals surface area (Å²) in [4.78, 5) is 23.5. The monoisotopic (exact) mass is 350 g/mol. The molecule has 2 rings (SSSR count). The first kappa shape index (κ1) is 18.7. The van der Waals surface area contributed by atoms with E-state index in [9.17, 15) is 14.7 Å². The van der Waals surface area contributed by atoms with E-state index in [-0.39, 0.29) is 12.0 Å². The topological polar surface area (TPSA) is 75.6 Å². The van der Waals surface area contributed by atoms with Crippen LogP contribution >= 0.6 is 0 Å². The predicted molar refractivity (Wildman–Crippen MR) is 93.9 cm³/mol. The van der Waals surface area contributed by atoms with Crippen LogP contribution in [0.2, 0.25) is 0 Å². The van der Waals surface area contributed by atoms with E-state index in [1.165, 1.54) is 0 Å². The van der Waals surface area contributed by atoms with Gasteiger partial charge in [0.15, 0.2) is 0 Å². The predicted octanol–water partition coefficient (Wildman–Crippen LogP) is 2.90. The molecule has 2 N–H and O–H groups in total. The molecule has 3 unspecified atom stereocenters. The van der Waals surface area contributed by atoms with Crippen LogP contribution in [-0.2, 0) is 17.4 Å². The minimum atomic E-state index is -0.644. The van der Waals surface area contributed by atoms with Crippen molar-refractivity contribution < 1.29 is 19.4 Å². The molecule has 1 amide bonds. The van der Waals surface area contributed by atoms with E-state index >= 15 is 0 Å². The second kappa shape index (κ2) is 7.49. The zero-order chi connectivity index (χ0) is 17.9. The number of carbonyl (C=O) groups is 2. The maximum atomic E-state index is 11.9. The highest BCUT2D eigenvalue weighted by Gasteiger charge is 2.32. The minimum Gasteiger partial charge on any atom is -0.737 e. The number of amides is 1. The Labute approximate surface area is 148 Å². The van der Waals surface area contributed by atoms with Crippen LogP contribution < -0.4 is 5.32 Å². The van der Waals surface area contributed by atoms with Gasteiger partial charge in [-0.15, -0.1) is 0 Å². The second-order valence-corrected chi connectivity index (χ2v) is 7.58. The van der Waals surface area contributed by atoms with Crippen molar-refractivity contribution in [3.63, 3.8) is 0 Å². The molecule has 132 valence electrons. The van der Waals surface area contributed by atoms with Crippen molar-refractivity contribution in [1.29, 1.82) is 0 Å². The first-order valence-electron chi connectivity index (χ1n) is 8.15. The Morgan fingerprint density at radius 1 is 1.25 bits per heavy atom. The van der Waals surface area contributed by atoms with Gasteiger partial charge in [0.2, 0.25) is 0 Å². The summed E-state index contributed by atoms with van der Waals surface area (Å²) in [5.41, 5.74) is 0.721. The van der Waals surface area contributed by atoms with E-state index in [2.05, 4.69) is 5.32 Å². The van der Waals surface area contributed by atoms with Crippen LogP contribution in [0.4, 0.5) is 4.79 Å². The molecule has 0 saturated heterocycles. The molecule has 24 heavy (non-hydrogen) atoms. The standard InChI is InChI=1S/C18H25NO4S/c1-18(2,3)23-17(22)19-11-8-9-13(15(20)10-11)12-6-4-5-7-14(12)16(21)24/h4-7,11,13,15,20H,8-10H2,1-3H3,(H,19,22)(H,21,24)/p-1. The fraction of sp³-hybridized carbons (Fsp3) is 0.556. The van der Waals surface area contributed by atoms with Crippen molar-refractivity contribution in [1.82, 2.24) is 5.32 Å². The van der Waals surface area contributed by atoms with Crippen LogP contribution in [0, 0.1) is 0 Å². The Bertz CT molecular complexity index is 611. The Morgan fingerprint density at radius 2 is 1.92 bits per heavy atom. The minimum absolute atomic E-state index is 0.141. The number of nitrogens with one attached hydrogen (secondary N) is 1. The van der Waals surface area contributed by atoms with Crippen LogP contribution in [0.1, 0.15) is 61.9 Å². The molecule has 1 aliphatic rings. The summed E-state index contributed by atoms with van der Waals surface area (Å²) in [6, 6.07) is 7.01. The summed E-state index contributed by atoms with van der Waals surface area (Å²) in [6.07, 6.45) is 0.681. The number of hydrogen-bond donors (Lipinski definition) is 2. The van der Waals surface area contributed by atoms with Crippen molar-refractivity contribution in [3.8, 4) is 0 Å². The molecule has 3 atom stereocenters. The number of ether oxygens (including phenoxy) is 1. The van der Waals surface area contributed by atoms with Crippen molar-refractivity contribution in [2.75, 3.05) is 0 Å². The molecule has 0 heterocycles. The molecule has 1 aromatic rings. The van der Waals surface area contributed by atoms with E-state index in [1.54, 1.807) is 32.9 Å². The molecule has 0 aliphatic heterocycles. The molecule has 1 saturated carbocycles. The summed E-state index contributed by atoms with van der Waals surface area (Å²) in [7, 11) is 0. The lowest BCUT2D eigenvalue weighted by molar-refractivity contribution is 0.0426. The molecule has 5 nitrogen and oxygen atoms in total. The van der Waals surface area contributed by atoms with Crippen molar-refractivity contribution >= 4 is 23.8 Å². The fourth-order valence-electron chi connectivity index (χ4n) is 3.12. The van der Waals surface area contributed by atoms with Gasteiger partial charge in [-0.25, -0.2) is 4.79 Å². The lowest BCUT2D eigenvalue weighted by atomic mass is 9.78. The molecule has 0 radical (unpaired) electrons. The van der Waals surface area contributed by atoms with Gasteiger partial charge in [0.05, 0.1) is 6.10 Å². The number of benzene rings is 1. The number of aliphatic hydroxyl groups is 1. The molecule has 0 bridgehead atoms. The molecule has 1 aliphatic carbocycles. The van der Waals surface area contributed by atoms with E-state index in [0.717, 1.165) is 5.56 Å². The third-order valence-corrected chi connectivity index (χ3v) is 4.34. The summed E-state index contributed by atoms with van der Waals surface area (Å²) in [5, 5.41) is 12.9. The van der Waals surface area contributed by atoms with Gasteiger partial charge in [-0.2, -0.15) is 0 Å². The SMILES string of the molecule is CC(C)(C)OC(=O)NC1CCC(c2ccccc2C(=O)[S-])C(O)C1. The van der Waals surface area contributed by atoms with E-state index in [4.69, 9.17) is 17.4 Å². The van der Waals surface area contributed by atoms with Gasteiger partial charge in [-0.1, -0.05) is 24.3 Å². The van der Waals surface area contributed by atoms with Gasteiger partial charge in [0, 0.05) is 17.1 Å². The Hall–Kier alpha value is -1.66. The lowest BCUT2D eigenvalue weighted by Crippen LogP contribution is -2.44. The summed E-state index contributed by atoms with van der Waals surface area (Å²) >= 11 is 4.78. The Morgan fingerprint density at radius 3 is 2.50 bits per heavy atom. The molecule has 0 aromatic heterocycles. The Kier molecular flexibility index (Phi) is 5.83. The summed E-state index contributed by atoms with van der Waals surface area (Å²) in [6.45, 7) is 5.42. The zero-order valence-corrected chi connectivity index (χ0v) is 15.1. The number of rotatable bonds is 3. The van der Waals surface area contributed by atoms with Gasteiger partial charge in [-0.3, -0.25) is 0 Å². The van der Waals surface area contributed by atoms with Gasteiger partial charge in [-0.05, 0) is 51.2 Å². The van der Waals surface area contributed by atoms with Crippen molar-refractivity contribution in [3.05, 3.63) is 35.4 Å². The smallest absolute Gasteiger partial charge is 0.407 e. The van der Waals surface area contributed by atoms with Crippen molar-refractivity contribution in [2.45, 2.75) is 63.7 Å². The quantitative estimate of drug-likeness (QED) is 0.820.